The summed E-state index contributed by atoms with van der Waals surface area (Å²) in [7, 11) is 0. The molecule has 1 aromatic heterocycles. The number of benzene rings is 1. The van der Waals surface area contributed by atoms with E-state index < -0.39 is 18.9 Å². The maximum atomic E-state index is 12.9. The molecule has 3 heterocycles. The van der Waals surface area contributed by atoms with Crippen LogP contribution in [0.3, 0.4) is 0 Å². The standard InChI is InChI=1S/C23H27ClFN5O3/c1-14(11-25)33-23(32)29-12-17-10-18(24)4-5-19(17)30-20(13-29)26-27-21(30)15-6-8-28(9-7-15)22(31)16-2-3-16/h4-5,10,14-16H,2-3,6-9,11-13H2,1H3/t14-/m1/s1. The van der Waals surface area contributed by atoms with Gasteiger partial charge in [-0.25, -0.2) is 9.18 Å². The summed E-state index contributed by atoms with van der Waals surface area (Å²) in [5.74, 6) is 2.12. The highest BCUT2D eigenvalue weighted by Gasteiger charge is 2.37. The largest absolute Gasteiger partial charge is 0.444 e. The molecule has 1 saturated carbocycles. The van der Waals surface area contributed by atoms with Crippen LogP contribution in [0.15, 0.2) is 18.2 Å². The number of alkyl halides is 1. The molecule has 33 heavy (non-hydrogen) atoms. The number of carbonyl (C=O) groups is 2. The van der Waals surface area contributed by atoms with E-state index in [0.717, 1.165) is 55.8 Å². The summed E-state index contributed by atoms with van der Waals surface area (Å²) in [6.07, 6.45) is 2.24. The third-order valence-electron chi connectivity index (χ3n) is 6.61. The van der Waals surface area contributed by atoms with E-state index in [2.05, 4.69) is 10.2 Å². The van der Waals surface area contributed by atoms with E-state index in [-0.39, 0.29) is 30.8 Å². The van der Waals surface area contributed by atoms with Crippen LogP contribution in [0.5, 0.6) is 0 Å². The number of aromatic nitrogens is 3. The number of hydrogen-bond acceptors (Lipinski definition) is 5. The molecule has 2 amide bonds. The predicted octanol–water partition coefficient (Wildman–Crippen LogP) is 3.85. The minimum atomic E-state index is -0.823. The van der Waals surface area contributed by atoms with Gasteiger partial charge in [0.15, 0.2) is 5.82 Å². The Morgan fingerprint density at radius 2 is 1.91 bits per heavy atom. The van der Waals surface area contributed by atoms with Gasteiger partial charge in [0.2, 0.25) is 5.91 Å². The summed E-state index contributed by atoms with van der Waals surface area (Å²) in [6, 6.07) is 5.55. The number of fused-ring (bicyclic) bond motifs is 3. The lowest BCUT2D eigenvalue weighted by atomic mass is 9.95. The molecule has 5 rings (SSSR count). The van der Waals surface area contributed by atoms with Gasteiger partial charge >= 0.3 is 6.09 Å². The van der Waals surface area contributed by atoms with Crippen LogP contribution in [0.2, 0.25) is 5.02 Å². The van der Waals surface area contributed by atoms with Crippen LogP contribution in [-0.2, 0) is 22.6 Å². The van der Waals surface area contributed by atoms with Crippen molar-refractivity contribution in [3.05, 3.63) is 40.4 Å². The monoisotopic (exact) mass is 475 g/mol. The lowest BCUT2D eigenvalue weighted by Gasteiger charge is -2.32. The quantitative estimate of drug-likeness (QED) is 0.671. The Labute approximate surface area is 196 Å². The molecule has 0 radical (unpaired) electrons. The van der Waals surface area contributed by atoms with Gasteiger partial charge in [-0.2, -0.15) is 0 Å². The van der Waals surface area contributed by atoms with Gasteiger partial charge in [0.1, 0.15) is 18.6 Å². The number of amides is 2. The number of piperidine rings is 1. The molecular formula is C23H27ClFN5O3. The minimum absolute atomic E-state index is 0.156. The minimum Gasteiger partial charge on any atom is -0.444 e. The number of rotatable bonds is 4. The highest BCUT2D eigenvalue weighted by atomic mass is 35.5. The molecule has 1 aliphatic carbocycles. The third-order valence-corrected chi connectivity index (χ3v) is 6.84. The second kappa shape index (κ2) is 8.93. The number of ether oxygens (including phenoxy) is 1. The Bertz CT molecular complexity index is 1060. The first-order chi connectivity index (χ1) is 15.9. The number of likely N-dealkylation sites (tertiary alicyclic amines) is 1. The van der Waals surface area contributed by atoms with Gasteiger partial charge in [0.05, 0.1) is 18.8 Å². The summed E-state index contributed by atoms with van der Waals surface area (Å²) >= 11 is 6.27. The maximum absolute atomic E-state index is 12.9. The first-order valence-corrected chi connectivity index (χ1v) is 11.9. The molecule has 2 aliphatic heterocycles. The molecule has 0 N–H and O–H groups in total. The first kappa shape index (κ1) is 22.1. The smallest absolute Gasteiger partial charge is 0.410 e. The Morgan fingerprint density at radius 3 is 2.61 bits per heavy atom. The van der Waals surface area contributed by atoms with Crippen molar-refractivity contribution in [1.29, 1.82) is 0 Å². The van der Waals surface area contributed by atoms with Crippen LogP contribution in [0, 0.1) is 5.92 Å². The van der Waals surface area contributed by atoms with Crippen LogP contribution in [-0.4, -0.2) is 62.4 Å². The molecular weight excluding hydrogens is 449 g/mol. The fraction of sp³-hybridized carbons (Fsp3) is 0.565. The highest BCUT2D eigenvalue weighted by molar-refractivity contribution is 6.30. The van der Waals surface area contributed by atoms with Crippen LogP contribution < -0.4 is 0 Å². The van der Waals surface area contributed by atoms with E-state index in [1.165, 1.54) is 11.8 Å². The zero-order valence-corrected chi connectivity index (χ0v) is 19.3. The summed E-state index contributed by atoms with van der Waals surface area (Å²) in [6.45, 7) is 2.66. The number of carbonyl (C=O) groups excluding carboxylic acids is 2. The van der Waals surface area contributed by atoms with Crippen LogP contribution in [0.25, 0.3) is 5.69 Å². The fourth-order valence-corrected chi connectivity index (χ4v) is 4.84. The Kier molecular flexibility index (Phi) is 5.99. The van der Waals surface area contributed by atoms with Gasteiger partial charge < -0.3 is 9.64 Å². The predicted molar refractivity (Wildman–Crippen MR) is 119 cm³/mol. The number of nitrogens with zero attached hydrogens (tertiary/aromatic N) is 5. The zero-order valence-electron chi connectivity index (χ0n) is 18.5. The van der Waals surface area contributed by atoms with E-state index >= 15 is 0 Å². The van der Waals surface area contributed by atoms with Crippen molar-refractivity contribution in [2.24, 2.45) is 5.92 Å². The van der Waals surface area contributed by atoms with Gasteiger partial charge in [0.25, 0.3) is 0 Å². The number of halogens is 2. The summed E-state index contributed by atoms with van der Waals surface area (Å²) in [5, 5.41) is 9.48. The third kappa shape index (κ3) is 4.43. The van der Waals surface area contributed by atoms with Crippen LogP contribution in [0.1, 0.15) is 55.7 Å². The van der Waals surface area contributed by atoms with Crippen molar-refractivity contribution in [3.63, 3.8) is 0 Å². The molecule has 0 unspecified atom stereocenters. The molecule has 1 atom stereocenters. The van der Waals surface area contributed by atoms with Crippen molar-refractivity contribution in [1.82, 2.24) is 24.6 Å². The van der Waals surface area contributed by atoms with Crippen molar-refractivity contribution in [2.75, 3.05) is 19.8 Å². The summed E-state index contributed by atoms with van der Waals surface area (Å²) < 4.78 is 20.1. The van der Waals surface area contributed by atoms with Crippen molar-refractivity contribution in [2.45, 2.75) is 57.7 Å². The molecule has 176 valence electrons. The molecule has 2 aromatic rings. The van der Waals surface area contributed by atoms with Crippen molar-refractivity contribution in [3.8, 4) is 5.69 Å². The van der Waals surface area contributed by atoms with Crippen molar-refractivity contribution < 1.29 is 18.7 Å². The second-order valence-corrected chi connectivity index (χ2v) is 9.60. The van der Waals surface area contributed by atoms with E-state index in [0.29, 0.717) is 10.8 Å². The molecule has 1 saturated heterocycles. The molecule has 0 bridgehead atoms. The van der Waals surface area contributed by atoms with Gasteiger partial charge in [-0.1, -0.05) is 11.6 Å². The lowest BCUT2D eigenvalue weighted by Crippen LogP contribution is -2.39. The topological polar surface area (TPSA) is 80.6 Å². The normalized spacial score (nSPS) is 19.5. The first-order valence-electron chi connectivity index (χ1n) is 11.5. The molecule has 3 aliphatic rings. The Hall–Kier alpha value is -2.68. The Balaban J connectivity index is 1.43. The van der Waals surface area contributed by atoms with E-state index in [9.17, 15) is 14.0 Å². The summed E-state index contributed by atoms with van der Waals surface area (Å²) in [4.78, 5) is 28.6. The van der Waals surface area contributed by atoms with E-state index in [1.807, 2.05) is 27.7 Å². The molecule has 1 aromatic carbocycles. The van der Waals surface area contributed by atoms with E-state index in [1.54, 1.807) is 0 Å². The second-order valence-electron chi connectivity index (χ2n) is 9.16. The summed E-state index contributed by atoms with van der Waals surface area (Å²) in [5.41, 5.74) is 1.72. The van der Waals surface area contributed by atoms with Gasteiger partial charge in [-0.3, -0.25) is 14.3 Å². The number of hydrogen-bond donors (Lipinski definition) is 0. The Morgan fingerprint density at radius 1 is 1.15 bits per heavy atom. The average molecular weight is 476 g/mol. The zero-order chi connectivity index (χ0) is 23.1. The maximum Gasteiger partial charge on any atom is 0.410 e. The molecule has 8 nitrogen and oxygen atoms in total. The fourth-order valence-electron chi connectivity index (χ4n) is 4.64. The molecule has 10 heteroatoms. The lowest BCUT2D eigenvalue weighted by molar-refractivity contribution is -0.133. The SMILES string of the molecule is C[C@H](CF)OC(=O)N1Cc2cc(Cl)ccc2-n2c(nnc2C2CCN(C(=O)C3CC3)CC2)C1. The van der Waals surface area contributed by atoms with Crippen LogP contribution >= 0.6 is 11.6 Å². The van der Waals surface area contributed by atoms with E-state index in [4.69, 9.17) is 16.3 Å². The van der Waals surface area contributed by atoms with Gasteiger partial charge in [0, 0.05) is 29.9 Å². The van der Waals surface area contributed by atoms with Gasteiger partial charge in [-0.05, 0) is 56.4 Å². The van der Waals surface area contributed by atoms with Crippen LogP contribution in [0.4, 0.5) is 9.18 Å². The molecule has 0 spiro atoms. The van der Waals surface area contributed by atoms with Gasteiger partial charge in [-0.15, -0.1) is 10.2 Å². The average Bonchev–Trinajstić information content (AvgIpc) is 3.61. The highest BCUT2D eigenvalue weighted by Crippen LogP contribution is 2.36. The molecule has 2 fully saturated rings. The van der Waals surface area contributed by atoms with Crippen molar-refractivity contribution >= 4 is 23.6 Å².